The minimum atomic E-state index is -0.231. The lowest BCUT2D eigenvalue weighted by molar-refractivity contribution is -0.136. The molecule has 0 saturated carbocycles. The van der Waals surface area contributed by atoms with Gasteiger partial charge in [0.25, 0.3) is 0 Å². The maximum atomic E-state index is 10.9. The summed E-state index contributed by atoms with van der Waals surface area (Å²) in [6, 6.07) is 0. The standard InChI is InChI=1S/C9H16O2/c1-5-7(2)6-8(3)9(10)11-4/h6-7H,5H2,1-4H3/b8-6+/t7-/m0/s1. The number of rotatable bonds is 3. The summed E-state index contributed by atoms with van der Waals surface area (Å²) in [4.78, 5) is 10.9. The smallest absolute Gasteiger partial charge is 0.333 e. The van der Waals surface area contributed by atoms with Crippen LogP contribution in [0.3, 0.4) is 0 Å². The molecule has 0 unspecified atom stereocenters. The first-order valence-corrected chi connectivity index (χ1v) is 3.88. The van der Waals surface area contributed by atoms with Gasteiger partial charge in [0.2, 0.25) is 0 Å². The summed E-state index contributed by atoms with van der Waals surface area (Å²) < 4.78 is 4.55. The van der Waals surface area contributed by atoms with Gasteiger partial charge in [-0.2, -0.15) is 0 Å². The average molecular weight is 156 g/mol. The Morgan fingerprint density at radius 3 is 2.55 bits per heavy atom. The van der Waals surface area contributed by atoms with E-state index in [1.54, 1.807) is 6.92 Å². The molecule has 0 aliphatic heterocycles. The second-order valence-electron chi connectivity index (χ2n) is 2.73. The van der Waals surface area contributed by atoms with Crippen molar-refractivity contribution in [2.24, 2.45) is 5.92 Å². The van der Waals surface area contributed by atoms with Gasteiger partial charge < -0.3 is 4.74 Å². The van der Waals surface area contributed by atoms with Gasteiger partial charge in [-0.15, -0.1) is 0 Å². The quantitative estimate of drug-likeness (QED) is 0.462. The van der Waals surface area contributed by atoms with E-state index in [1.807, 2.05) is 6.08 Å². The number of ether oxygens (including phenoxy) is 1. The van der Waals surface area contributed by atoms with E-state index in [9.17, 15) is 4.79 Å². The van der Waals surface area contributed by atoms with Crippen molar-refractivity contribution in [2.75, 3.05) is 7.11 Å². The van der Waals surface area contributed by atoms with E-state index < -0.39 is 0 Å². The van der Waals surface area contributed by atoms with E-state index in [0.29, 0.717) is 11.5 Å². The summed E-state index contributed by atoms with van der Waals surface area (Å²) in [5, 5.41) is 0. The Kier molecular flexibility index (Phi) is 4.59. The Morgan fingerprint density at radius 1 is 1.64 bits per heavy atom. The average Bonchev–Trinajstić information content (AvgIpc) is 2.02. The molecule has 0 heterocycles. The van der Waals surface area contributed by atoms with E-state index in [0.717, 1.165) is 6.42 Å². The van der Waals surface area contributed by atoms with Gasteiger partial charge in [-0.05, 0) is 12.8 Å². The van der Waals surface area contributed by atoms with Gasteiger partial charge in [-0.1, -0.05) is 26.3 Å². The number of hydrogen-bond acceptors (Lipinski definition) is 2. The van der Waals surface area contributed by atoms with Crippen LogP contribution in [0.15, 0.2) is 11.6 Å². The maximum absolute atomic E-state index is 10.9. The van der Waals surface area contributed by atoms with E-state index in [-0.39, 0.29) is 5.97 Å². The third kappa shape index (κ3) is 3.81. The van der Waals surface area contributed by atoms with Crippen molar-refractivity contribution in [1.29, 1.82) is 0 Å². The van der Waals surface area contributed by atoms with Crippen LogP contribution >= 0.6 is 0 Å². The van der Waals surface area contributed by atoms with Crippen molar-refractivity contribution < 1.29 is 9.53 Å². The molecule has 0 aromatic carbocycles. The maximum Gasteiger partial charge on any atom is 0.333 e. The molecule has 0 aromatic heterocycles. The molecule has 0 saturated heterocycles. The van der Waals surface area contributed by atoms with Gasteiger partial charge in [0.15, 0.2) is 0 Å². The molecule has 0 amide bonds. The lowest BCUT2D eigenvalue weighted by Gasteiger charge is -2.03. The predicted molar refractivity (Wildman–Crippen MR) is 45.2 cm³/mol. The van der Waals surface area contributed by atoms with Gasteiger partial charge in [-0.3, -0.25) is 0 Å². The Bertz CT molecular complexity index is 159. The van der Waals surface area contributed by atoms with Crippen LogP contribution < -0.4 is 0 Å². The van der Waals surface area contributed by atoms with Crippen molar-refractivity contribution in [3.05, 3.63) is 11.6 Å². The number of esters is 1. The van der Waals surface area contributed by atoms with Crippen LogP contribution in [-0.4, -0.2) is 13.1 Å². The molecule has 0 fully saturated rings. The predicted octanol–water partition coefficient (Wildman–Crippen LogP) is 2.15. The second kappa shape index (κ2) is 4.94. The summed E-state index contributed by atoms with van der Waals surface area (Å²) in [6.45, 7) is 5.94. The van der Waals surface area contributed by atoms with E-state index >= 15 is 0 Å². The number of carbonyl (C=O) groups excluding carboxylic acids is 1. The molecule has 2 heteroatoms. The minimum absolute atomic E-state index is 0.231. The number of methoxy groups -OCH3 is 1. The Labute approximate surface area is 68.2 Å². The highest BCUT2D eigenvalue weighted by atomic mass is 16.5. The Morgan fingerprint density at radius 2 is 2.18 bits per heavy atom. The first-order valence-electron chi connectivity index (χ1n) is 3.88. The third-order valence-corrected chi connectivity index (χ3v) is 1.69. The number of carbonyl (C=O) groups is 1. The van der Waals surface area contributed by atoms with Crippen LogP contribution in [0.25, 0.3) is 0 Å². The molecule has 0 radical (unpaired) electrons. The summed E-state index contributed by atoms with van der Waals surface area (Å²) >= 11 is 0. The minimum Gasteiger partial charge on any atom is -0.466 e. The number of hydrogen-bond donors (Lipinski definition) is 0. The SMILES string of the molecule is CC[C@H](C)/C=C(\C)C(=O)OC. The molecule has 0 rings (SSSR count). The second-order valence-corrected chi connectivity index (χ2v) is 2.73. The van der Waals surface area contributed by atoms with Crippen molar-refractivity contribution in [2.45, 2.75) is 27.2 Å². The van der Waals surface area contributed by atoms with Crippen molar-refractivity contribution in [3.63, 3.8) is 0 Å². The molecule has 2 nitrogen and oxygen atoms in total. The fourth-order valence-corrected chi connectivity index (χ4v) is 0.774. The van der Waals surface area contributed by atoms with Crippen LogP contribution in [-0.2, 0) is 9.53 Å². The molecular weight excluding hydrogens is 140 g/mol. The van der Waals surface area contributed by atoms with Crippen molar-refractivity contribution in [1.82, 2.24) is 0 Å². The fourth-order valence-electron chi connectivity index (χ4n) is 0.774. The van der Waals surface area contributed by atoms with Crippen molar-refractivity contribution in [3.8, 4) is 0 Å². The molecular formula is C9H16O2. The van der Waals surface area contributed by atoms with Crippen LogP contribution in [0.4, 0.5) is 0 Å². The highest BCUT2D eigenvalue weighted by molar-refractivity contribution is 5.87. The van der Waals surface area contributed by atoms with E-state index in [2.05, 4.69) is 18.6 Å². The molecule has 1 atom stereocenters. The topological polar surface area (TPSA) is 26.3 Å². The van der Waals surface area contributed by atoms with Gasteiger partial charge in [0.1, 0.15) is 0 Å². The zero-order chi connectivity index (χ0) is 8.85. The molecule has 0 spiro atoms. The highest BCUT2D eigenvalue weighted by Crippen LogP contribution is 2.07. The first kappa shape index (κ1) is 10.2. The zero-order valence-corrected chi connectivity index (χ0v) is 7.68. The van der Waals surface area contributed by atoms with Crippen LogP contribution in [0.5, 0.6) is 0 Å². The van der Waals surface area contributed by atoms with Crippen molar-refractivity contribution >= 4 is 5.97 Å². The first-order chi connectivity index (χ1) is 5.11. The molecule has 11 heavy (non-hydrogen) atoms. The van der Waals surface area contributed by atoms with Crippen LogP contribution in [0, 0.1) is 5.92 Å². The van der Waals surface area contributed by atoms with Gasteiger partial charge >= 0.3 is 5.97 Å². The molecule has 0 N–H and O–H groups in total. The van der Waals surface area contributed by atoms with Gasteiger partial charge in [-0.25, -0.2) is 4.79 Å². The Hall–Kier alpha value is -0.790. The number of allylic oxidation sites excluding steroid dienone is 1. The summed E-state index contributed by atoms with van der Waals surface area (Å²) in [5.41, 5.74) is 0.696. The van der Waals surface area contributed by atoms with E-state index in [4.69, 9.17) is 0 Å². The summed E-state index contributed by atoms with van der Waals surface area (Å²) in [5.74, 6) is 0.222. The summed E-state index contributed by atoms with van der Waals surface area (Å²) in [7, 11) is 1.40. The monoisotopic (exact) mass is 156 g/mol. The lowest BCUT2D eigenvalue weighted by Crippen LogP contribution is -2.03. The van der Waals surface area contributed by atoms with Gasteiger partial charge in [0, 0.05) is 5.57 Å². The van der Waals surface area contributed by atoms with Gasteiger partial charge in [0.05, 0.1) is 7.11 Å². The van der Waals surface area contributed by atoms with E-state index in [1.165, 1.54) is 7.11 Å². The highest BCUT2D eigenvalue weighted by Gasteiger charge is 2.03. The molecule has 0 aliphatic carbocycles. The molecule has 64 valence electrons. The normalized spacial score (nSPS) is 14.4. The van der Waals surface area contributed by atoms with Crippen LogP contribution in [0.2, 0.25) is 0 Å². The zero-order valence-electron chi connectivity index (χ0n) is 7.68. The lowest BCUT2D eigenvalue weighted by atomic mass is 10.1. The Balaban J connectivity index is 4.09. The summed E-state index contributed by atoms with van der Waals surface area (Å²) in [6.07, 6.45) is 2.99. The van der Waals surface area contributed by atoms with Crippen LogP contribution in [0.1, 0.15) is 27.2 Å². The molecule has 0 bridgehead atoms. The largest absolute Gasteiger partial charge is 0.466 e. The molecule has 0 aromatic rings. The fraction of sp³-hybridized carbons (Fsp3) is 0.667. The third-order valence-electron chi connectivity index (χ3n) is 1.69. The molecule has 0 aliphatic rings.